The molecule has 0 unspecified atom stereocenters. The fourth-order valence-electron chi connectivity index (χ4n) is 0.943. The molecule has 0 saturated heterocycles. The molecule has 1 heterocycles. The minimum absolute atomic E-state index is 0.227. The van der Waals surface area contributed by atoms with Crippen LogP contribution in [0.3, 0.4) is 0 Å². The number of halogens is 3. The highest BCUT2D eigenvalue weighted by molar-refractivity contribution is 8.13. The van der Waals surface area contributed by atoms with Gasteiger partial charge in [0.25, 0.3) is 15.5 Å². The zero-order valence-electron chi connectivity index (χ0n) is 7.12. The summed E-state index contributed by atoms with van der Waals surface area (Å²) < 4.78 is 46.8. The molecular weight excluding hydrogens is 252 g/mol. The van der Waals surface area contributed by atoms with Gasteiger partial charge in [0.1, 0.15) is 0 Å². The van der Waals surface area contributed by atoms with E-state index in [2.05, 4.69) is 4.98 Å². The van der Waals surface area contributed by atoms with Gasteiger partial charge in [-0.05, 0) is 0 Å². The molecule has 0 spiro atoms. The minimum Gasteiger partial charge on any atom is -0.397 e. The summed E-state index contributed by atoms with van der Waals surface area (Å²) in [6, 6.07) is 0. The Morgan fingerprint density at radius 1 is 1.40 bits per heavy atom. The van der Waals surface area contributed by atoms with E-state index < -0.39 is 31.8 Å². The first kappa shape index (κ1) is 11.9. The van der Waals surface area contributed by atoms with Crippen LogP contribution in [-0.2, 0) is 9.05 Å². The highest BCUT2D eigenvalue weighted by Gasteiger charge is 2.27. The Labute approximate surface area is 88.5 Å². The van der Waals surface area contributed by atoms with E-state index in [-0.39, 0.29) is 5.69 Å². The number of rotatable bonds is 2. The Morgan fingerprint density at radius 3 is 2.33 bits per heavy atom. The van der Waals surface area contributed by atoms with Crippen molar-refractivity contribution in [2.75, 3.05) is 11.5 Å². The molecule has 0 radical (unpaired) electrons. The Morgan fingerprint density at radius 2 is 1.93 bits per heavy atom. The van der Waals surface area contributed by atoms with Gasteiger partial charge in [-0.15, -0.1) is 0 Å². The fraction of sp³-hybridized carbons (Fsp3) is 0.167. The molecule has 0 aliphatic carbocycles. The van der Waals surface area contributed by atoms with Crippen LogP contribution in [0.25, 0.3) is 0 Å². The van der Waals surface area contributed by atoms with E-state index in [1.807, 2.05) is 0 Å². The summed E-state index contributed by atoms with van der Waals surface area (Å²) in [5.74, 6) is 0. The number of aromatic nitrogens is 1. The lowest BCUT2D eigenvalue weighted by Crippen LogP contribution is -2.08. The quantitative estimate of drug-likeness (QED) is 0.773. The average molecular weight is 258 g/mol. The fourth-order valence-corrected chi connectivity index (χ4v) is 1.95. The first-order chi connectivity index (χ1) is 6.75. The van der Waals surface area contributed by atoms with E-state index in [4.69, 9.17) is 22.1 Å². The number of nitrogens with two attached hydrogens (primary N) is 2. The number of anilines is 2. The van der Waals surface area contributed by atoms with Crippen molar-refractivity contribution < 1.29 is 17.2 Å². The SMILES string of the molecule is Nc1cnc(S(=O)(=O)Cl)c(C(F)F)c1N. The standard InChI is InChI=1S/C6H6ClF2N3O2S/c7-15(13,14)6-3(5(8)9)4(11)2(10)1-12-6/h1,5H,10H2,(H2,11,12). The van der Waals surface area contributed by atoms with Gasteiger partial charge in [-0.2, -0.15) is 0 Å². The van der Waals surface area contributed by atoms with Crippen molar-refractivity contribution in [2.24, 2.45) is 0 Å². The molecule has 9 heteroatoms. The number of pyridine rings is 1. The summed E-state index contributed by atoms with van der Waals surface area (Å²) in [4.78, 5) is 3.23. The Hall–Kier alpha value is -1.15. The molecule has 5 nitrogen and oxygen atoms in total. The second-order valence-electron chi connectivity index (χ2n) is 2.58. The summed E-state index contributed by atoms with van der Waals surface area (Å²) in [7, 11) is 0.540. The predicted molar refractivity (Wildman–Crippen MR) is 51.1 cm³/mol. The third-order valence-electron chi connectivity index (χ3n) is 1.60. The molecule has 0 amide bonds. The van der Waals surface area contributed by atoms with Crippen LogP contribution in [0.4, 0.5) is 20.2 Å². The van der Waals surface area contributed by atoms with Crippen molar-refractivity contribution in [2.45, 2.75) is 11.5 Å². The zero-order valence-corrected chi connectivity index (χ0v) is 8.69. The third-order valence-corrected chi connectivity index (χ3v) is 2.83. The molecule has 0 aliphatic heterocycles. The van der Waals surface area contributed by atoms with E-state index in [1.54, 1.807) is 0 Å². The topological polar surface area (TPSA) is 99.1 Å². The van der Waals surface area contributed by atoms with Crippen LogP contribution in [0.2, 0.25) is 0 Å². The van der Waals surface area contributed by atoms with Crippen LogP contribution < -0.4 is 11.5 Å². The molecule has 4 N–H and O–H groups in total. The van der Waals surface area contributed by atoms with Crippen molar-refractivity contribution in [1.82, 2.24) is 4.98 Å². The van der Waals surface area contributed by atoms with Crippen molar-refractivity contribution >= 4 is 31.1 Å². The molecule has 1 aromatic rings. The summed E-state index contributed by atoms with van der Waals surface area (Å²) in [5, 5.41) is -0.967. The van der Waals surface area contributed by atoms with Gasteiger partial charge in [0.05, 0.1) is 23.1 Å². The Balaban J connectivity index is 3.62. The number of nitrogen functional groups attached to an aromatic ring is 2. The second-order valence-corrected chi connectivity index (χ2v) is 5.07. The predicted octanol–water partition coefficient (Wildman–Crippen LogP) is 1.11. The normalized spacial score (nSPS) is 12.0. The molecule has 1 aromatic heterocycles. The van der Waals surface area contributed by atoms with E-state index >= 15 is 0 Å². The van der Waals surface area contributed by atoms with Crippen molar-refractivity contribution in [3.63, 3.8) is 0 Å². The van der Waals surface area contributed by atoms with E-state index in [0.29, 0.717) is 0 Å². The van der Waals surface area contributed by atoms with Gasteiger partial charge < -0.3 is 11.5 Å². The van der Waals surface area contributed by atoms with Gasteiger partial charge in [0, 0.05) is 10.7 Å². The lowest BCUT2D eigenvalue weighted by Gasteiger charge is -2.09. The molecule has 0 saturated carbocycles. The van der Waals surface area contributed by atoms with Crippen LogP contribution in [0, 0.1) is 0 Å². The van der Waals surface area contributed by atoms with Gasteiger partial charge in [-0.1, -0.05) is 0 Å². The van der Waals surface area contributed by atoms with Gasteiger partial charge >= 0.3 is 0 Å². The van der Waals surface area contributed by atoms with Crippen LogP contribution in [0.15, 0.2) is 11.2 Å². The van der Waals surface area contributed by atoms with Crippen LogP contribution >= 0.6 is 10.7 Å². The summed E-state index contributed by atoms with van der Waals surface area (Å²) in [6.45, 7) is 0. The van der Waals surface area contributed by atoms with Crippen LogP contribution in [0.1, 0.15) is 12.0 Å². The highest BCUT2D eigenvalue weighted by Crippen LogP contribution is 2.34. The van der Waals surface area contributed by atoms with Crippen molar-refractivity contribution in [1.29, 1.82) is 0 Å². The largest absolute Gasteiger partial charge is 0.397 e. The second kappa shape index (κ2) is 3.78. The van der Waals surface area contributed by atoms with Crippen molar-refractivity contribution in [3.8, 4) is 0 Å². The monoisotopic (exact) mass is 257 g/mol. The molecule has 0 atom stereocenters. The zero-order chi connectivity index (χ0) is 11.8. The number of hydrogen-bond acceptors (Lipinski definition) is 5. The highest BCUT2D eigenvalue weighted by atomic mass is 35.7. The number of hydrogen-bond donors (Lipinski definition) is 2. The maximum absolute atomic E-state index is 12.5. The minimum atomic E-state index is -4.37. The molecule has 0 bridgehead atoms. The van der Waals surface area contributed by atoms with E-state index in [1.165, 1.54) is 0 Å². The Kier molecular flexibility index (Phi) is 3.00. The van der Waals surface area contributed by atoms with Gasteiger partial charge in [0.15, 0.2) is 5.03 Å². The summed E-state index contributed by atoms with van der Waals surface area (Å²) in [6.07, 6.45) is -2.26. The molecule has 0 fully saturated rings. The molecule has 84 valence electrons. The first-order valence-corrected chi connectivity index (χ1v) is 5.82. The maximum atomic E-state index is 12.5. The summed E-state index contributed by atoms with van der Waals surface area (Å²) in [5.41, 5.74) is 8.70. The third kappa shape index (κ3) is 2.26. The summed E-state index contributed by atoms with van der Waals surface area (Å²) >= 11 is 0. The molecule has 15 heavy (non-hydrogen) atoms. The Bertz CT molecular complexity index is 491. The van der Waals surface area contributed by atoms with Crippen molar-refractivity contribution in [3.05, 3.63) is 11.8 Å². The molecule has 0 aromatic carbocycles. The van der Waals surface area contributed by atoms with Crippen LogP contribution in [-0.4, -0.2) is 13.4 Å². The van der Waals surface area contributed by atoms with E-state index in [9.17, 15) is 17.2 Å². The molecule has 1 rings (SSSR count). The van der Waals surface area contributed by atoms with Crippen LogP contribution in [0.5, 0.6) is 0 Å². The lowest BCUT2D eigenvalue weighted by atomic mass is 10.2. The number of alkyl halides is 2. The van der Waals surface area contributed by atoms with E-state index in [0.717, 1.165) is 6.20 Å². The average Bonchev–Trinajstić information content (AvgIpc) is 2.06. The van der Waals surface area contributed by atoms with Gasteiger partial charge in [0.2, 0.25) is 0 Å². The number of nitrogens with zero attached hydrogens (tertiary/aromatic N) is 1. The van der Waals surface area contributed by atoms with Gasteiger partial charge in [-0.25, -0.2) is 22.2 Å². The maximum Gasteiger partial charge on any atom is 0.279 e. The molecular formula is C6H6ClF2N3O2S. The molecule has 0 aliphatic rings. The van der Waals surface area contributed by atoms with Gasteiger partial charge in [-0.3, -0.25) is 0 Å². The smallest absolute Gasteiger partial charge is 0.279 e. The first-order valence-electron chi connectivity index (χ1n) is 3.51. The lowest BCUT2D eigenvalue weighted by molar-refractivity contribution is 0.148.